The van der Waals surface area contributed by atoms with Crippen LogP contribution in [0.4, 0.5) is 10.1 Å². The first-order valence-electron chi connectivity index (χ1n) is 15.4. The highest BCUT2D eigenvalue weighted by Gasteiger charge is 2.24. The molecule has 0 aliphatic carbocycles. The van der Waals surface area contributed by atoms with E-state index >= 15 is 0 Å². The third-order valence-corrected chi connectivity index (χ3v) is 7.57. The maximum atomic E-state index is 13.0. The molecule has 0 aromatic heterocycles. The summed E-state index contributed by atoms with van der Waals surface area (Å²) in [5.41, 5.74) is 3.33. The van der Waals surface area contributed by atoms with E-state index in [1.165, 1.54) is 99.4 Å². The molecule has 0 unspecified atom stereocenters. The van der Waals surface area contributed by atoms with Gasteiger partial charge in [0.25, 0.3) is 11.8 Å². The quantitative estimate of drug-likeness (QED) is 0.0653. The molecule has 0 N–H and O–H groups in total. The van der Waals surface area contributed by atoms with Crippen molar-refractivity contribution in [2.24, 2.45) is 0 Å². The Morgan fingerprint density at radius 3 is 1.84 bits per heavy atom. The van der Waals surface area contributed by atoms with Crippen molar-refractivity contribution in [3.05, 3.63) is 114 Å². The zero-order valence-electron chi connectivity index (χ0n) is 24.7. The largest absolute Gasteiger partial charge is 0.494 e. The number of aryl methyl sites for hydroxylation is 1. The molecule has 1 heterocycles. The Morgan fingerprint density at radius 2 is 1.23 bits per heavy atom. The normalized spacial score (nSPS) is 12.9. The molecule has 2 amide bonds. The van der Waals surface area contributed by atoms with Gasteiger partial charge in [0.15, 0.2) is 5.78 Å². The summed E-state index contributed by atoms with van der Waals surface area (Å²) >= 11 is 0. The summed E-state index contributed by atoms with van der Waals surface area (Å²) in [4.78, 5) is 36.9. The molecule has 3 aromatic carbocycles. The maximum Gasteiger partial charge on any atom is 0.258 e. The van der Waals surface area contributed by atoms with E-state index in [2.05, 4.69) is 12.1 Å². The Hall–Kier alpha value is -4.32. The van der Waals surface area contributed by atoms with Crippen LogP contribution in [0.5, 0.6) is 5.75 Å². The second kappa shape index (κ2) is 17.0. The Balaban J connectivity index is 0.964. The number of allylic oxidation sites excluding steroid dienone is 1. The van der Waals surface area contributed by atoms with E-state index in [4.69, 9.17) is 4.74 Å². The molecule has 6 heteroatoms. The van der Waals surface area contributed by atoms with E-state index in [0.29, 0.717) is 17.9 Å². The second-order valence-corrected chi connectivity index (χ2v) is 10.9. The summed E-state index contributed by atoms with van der Waals surface area (Å²) in [5, 5.41) is 0. The molecule has 0 fully saturated rings. The van der Waals surface area contributed by atoms with Gasteiger partial charge in [0.2, 0.25) is 0 Å². The molecule has 0 spiro atoms. The molecule has 0 radical (unpaired) electrons. The van der Waals surface area contributed by atoms with Crippen LogP contribution in [0.25, 0.3) is 6.08 Å². The summed E-state index contributed by atoms with van der Waals surface area (Å²) in [7, 11) is 0. The first-order valence-corrected chi connectivity index (χ1v) is 15.4. The van der Waals surface area contributed by atoms with Gasteiger partial charge in [0, 0.05) is 17.7 Å². The first kappa shape index (κ1) is 31.6. The number of halogens is 1. The highest BCUT2D eigenvalue weighted by molar-refractivity contribution is 6.28. The van der Waals surface area contributed by atoms with Crippen LogP contribution < -0.4 is 9.64 Å². The topological polar surface area (TPSA) is 63.7 Å². The number of nitrogens with zero attached hydrogens (tertiary/aromatic N) is 1. The van der Waals surface area contributed by atoms with Crippen LogP contribution in [0.3, 0.4) is 0 Å². The zero-order chi connectivity index (χ0) is 30.3. The molecular weight excluding hydrogens is 541 g/mol. The number of benzene rings is 3. The molecule has 0 bridgehead atoms. The Labute approximate surface area is 254 Å². The van der Waals surface area contributed by atoms with Gasteiger partial charge >= 0.3 is 0 Å². The van der Waals surface area contributed by atoms with Crippen molar-refractivity contribution in [1.82, 2.24) is 0 Å². The number of unbranched alkanes of at least 4 members (excludes halogenated alkanes) is 9. The summed E-state index contributed by atoms with van der Waals surface area (Å²) in [6, 6.07) is 21.0. The Morgan fingerprint density at radius 1 is 0.674 bits per heavy atom. The van der Waals surface area contributed by atoms with Crippen LogP contribution >= 0.6 is 0 Å². The lowest BCUT2D eigenvalue weighted by Crippen LogP contribution is -2.29. The predicted molar refractivity (Wildman–Crippen MR) is 170 cm³/mol. The number of ether oxygens (including phenoxy) is 1. The number of anilines is 1. The van der Waals surface area contributed by atoms with Gasteiger partial charge < -0.3 is 4.74 Å². The van der Waals surface area contributed by atoms with Gasteiger partial charge in [0.1, 0.15) is 11.6 Å². The first-order chi connectivity index (χ1) is 21.0. The number of amides is 2. The number of rotatable bonds is 18. The number of hydrogen-bond donors (Lipinski definition) is 0. The molecule has 3 aromatic rings. The van der Waals surface area contributed by atoms with Crippen LogP contribution in [0.15, 0.2) is 91.0 Å². The maximum absolute atomic E-state index is 13.0. The predicted octanol–water partition coefficient (Wildman–Crippen LogP) is 8.67. The van der Waals surface area contributed by atoms with Crippen molar-refractivity contribution in [3.8, 4) is 5.75 Å². The van der Waals surface area contributed by atoms with Gasteiger partial charge in [-0.25, -0.2) is 9.29 Å². The molecule has 4 rings (SSSR count). The SMILES string of the molecule is O=C(C=Cc1ccc(CCCCCCCCCCCCOc2ccc(N3C(=O)C=CC3=O)cc2)cc1)c1ccc(F)cc1. The van der Waals surface area contributed by atoms with Crippen molar-refractivity contribution < 1.29 is 23.5 Å². The van der Waals surface area contributed by atoms with Crippen molar-refractivity contribution >= 4 is 29.4 Å². The minimum Gasteiger partial charge on any atom is -0.494 e. The van der Waals surface area contributed by atoms with Crippen LogP contribution in [0, 0.1) is 5.82 Å². The molecule has 5 nitrogen and oxygen atoms in total. The molecule has 0 saturated carbocycles. The number of hydrogen-bond acceptors (Lipinski definition) is 4. The third-order valence-electron chi connectivity index (χ3n) is 7.57. The van der Waals surface area contributed by atoms with Gasteiger partial charge in [-0.05, 0) is 85.0 Å². The van der Waals surface area contributed by atoms with E-state index in [9.17, 15) is 18.8 Å². The summed E-state index contributed by atoms with van der Waals surface area (Å²) in [6.07, 6.45) is 19.2. The Kier molecular flexibility index (Phi) is 12.5. The fourth-order valence-electron chi connectivity index (χ4n) is 5.06. The average molecular weight is 582 g/mol. The van der Waals surface area contributed by atoms with Gasteiger partial charge in [-0.2, -0.15) is 0 Å². The van der Waals surface area contributed by atoms with Crippen LogP contribution in [-0.2, 0) is 16.0 Å². The molecule has 1 aliphatic heterocycles. The van der Waals surface area contributed by atoms with E-state index < -0.39 is 0 Å². The molecule has 0 saturated heterocycles. The number of carbonyl (C=O) groups is 3. The van der Waals surface area contributed by atoms with Crippen LogP contribution in [-0.4, -0.2) is 24.2 Å². The fourth-order valence-corrected chi connectivity index (χ4v) is 5.06. The minimum absolute atomic E-state index is 0.134. The van der Waals surface area contributed by atoms with E-state index in [1.54, 1.807) is 30.3 Å². The van der Waals surface area contributed by atoms with Crippen LogP contribution in [0.2, 0.25) is 0 Å². The lowest BCUT2D eigenvalue weighted by atomic mass is 10.0. The van der Waals surface area contributed by atoms with Gasteiger partial charge in [-0.3, -0.25) is 14.4 Å². The number of carbonyl (C=O) groups excluding carboxylic acids is 3. The second-order valence-electron chi connectivity index (χ2n) is 10.9. The molecule has 1 aliphatic rings. The minimum atomic E-state index is -0.346. The average Bonchev–Trinajstić information content (AvgIpc) is 3.36. The van der Waals surface area contributed by atoms with E-state index in [-0.39, 0.29) is 23.4 Å². The van der Waals surface area contributed by atoms with Crippen molar-refractivity contribution in [3.63, 3.8) is 0 Å². The van der Waals surface area contributed by atoms with Gasteiger partial charge in [-0.15, -0.1) is 0 Å². The monoisotopic (exact) mass is 581 g/mol. The smallest absolute Gasteiger partial charge is 0.258 e. The number of ketones is 1. The molecular formula is C37H40FNO4. The highest BCUT2D eigenvalue weighted by atomic mass is 19.1. The Bertz CT molecular complexity index is 1370. The standard InChI is InChI=1S/C37H40FNO4/c38-32-19-17-31(18-20-32)35(40)25-16-30-14-12-29(13-15-30)11-9-7-5-3-1-2-4-6-8-10-28-43-34-23-21-33(22-24-34)39-36(41)26-27-37(39)42/h12-27H,1-11,28H2. The summed E-state index contributed by atoms with van der Waals surface area (Å²) in [6.45, 7) is 0.666. The van der Waals surface area contributed by atoms with Crippen molar-refractivity contribution in [2.75, 3.05) is 11.5 Å². The third kappa shape index (κ3) is 10.5. The van der Waals surface area contributed by atoms with Crippen molar-refractivity contribution in [1.29, 1.82) is 0 Å². The lowest BCUT2D eigenvalue weighted by Gasteiger charge is -2.14. The molecule has 43 heavy (non-hydrogen) atoms. The zero-order valence-corrected chi connectivity index (χ0v) is 24.7. The molecule has 0 atom stereocenters. The van der Waals surface area contributed by atoms with Gasteiger partial charge in [0.05, 0.1) is 12.3 Å². The van der Waals surface area contributed by atoms with Crippen LogP contribution in [0.1, 0.15) is 85.7 Å². The fraction of sp³-hybridized carbons (Fsp3) is 0.324. The number of imide groups is 1. The van der Waals surface area contributed by atoms with E-state index in [0.717, 1.165) is 35.5 Å². The van der Waals surface area contributed by atoms with E-state index in [1.807, 2.05) is 12.1 Å². The highest BCUT2D eigenvalue weighted by Crippen LogP contribution is 2.23. The lowest BCUT2D eigenvalue weighted by molar-refractivity contribution is -0.119. The summed E-state index contributed by atoms with van der Waals surface area (Å²) < 4.78 is 18.8. The molecule has 224 valence electrons. The summed E-state index contributed by atoms with van der Waals surface area (Å²) in [5.74, 6) is -0.363. The van der Waals surface area contributed by atoms with Crippen molar-refractivity contribution in [2.45, 2.75) is 70.6 Å². The van der Waals surface area contributed by atoms with Gasteiger partial charge in [-0.1, -0.05) is 81.7 Å².